The average molecular weight is 315 g/mol. The molecule has 1 fully saturated rings. The fourth-order valence-corrected chi connectivity index (χ4v) is 2.91. The van der Waals surface area contributed by atoms with Crippen LogP contribution in [-0.2, 0) is 16.8 Å². The average Bonchev–Trinajstić information content (AvgIpc) is 3.18. The molecule has 0 radical (unpaired) electrons. The van der Waals surface area contributed by atoms with E-state index in [4.69, 9.17) is 0 Å². The number of H-pyrrole nitrogens is 1. The summed E-state index contributed by atoms with van der Waals surface area (Å²) >= 11 is 0. The minimum atomic E-state index is -1.03. The predicted octanol–water partition coefficient (Wildman–Crippen LogP) is 0.899. The number of aryl methyl sites for hydroxylation is 1. The minimum Gasteiger partial charge on any atom is -0.382 e. The number of benzene rings is 1. The molecule has 0 bridgehead atoms. The number of β-amino-alcohol motifs (C(OH)–C–C–N with tert-alkyl or cyclic N) is 1. The Hall–Kier alpha value is -2.25. The number of rotatable bonds is 5. The highest BCUT2D eigenvalue weighted by Crippen LogP contribution is 2.29. The number of carbonyl (C=O) groups is 1. The zero-order valence-corrected chi connectivity index (χ0v) is 13.1. The molecule has 1 aromatic heterocycles. The standard InChI is InChI=1S/C16H21N5O2/c1-2-12-4-3-5-13(8-12)18-15(22)10-21-7-6-16(23,11-21)14-9-17-20-19-14/h3-5,8-9,23H,2,6-7,10-11H2,1H3,(H,18,22)(H,17,19,20). The molecule has 3 N–H and O–H groups in total. The first-order valence-corrected chi connectivity index (χ1v) is 7.79. The molecule has 0 saturated carbocycles. The molecule has 2 aromatic rings. The van der Waals surface area contributed by atoms with E-state index < -0.39 is 5.60 Å². The molecular weight excluding hydrogens is 294 g/mol. The van der Waals surface area contributed by atoms with Crippen LogP contribution in [0.4, 0.5) is 5.69 Å². The Morgan fingerprint density at radius 2 is 2.39 bits per heavy atom. The van der Waals surface area contributed by atoms with Crippen molar-refractivity contribution in [3.63, 3.8) is 0 Å². The van der Waals surface area contributed by atoms with E-state index in [0.717, 1.165) is 12.1 Å². The predicted molar refractivity (Wildman–Crippen MR) is 85.8 cm³/mol. The van der Waals surface area contributed by atoms with Crippen molar-refractivity contribution in [3.8, 4) is 0 Å². The molecule has 0 spiro atoms. The van der Waals surface area contributed by atoms with E-state index in [1.54, 1.807) is 0 Å². The van der Waals surface area contributed by atoms with E-state index in [2.05, 4.69) is 27.7 Å². The number of nitrogens with zero attached hydrogens (tertiary/aromatic N) is 3. The molecule has 23 heavy (non-hydrogen) atoms. The summed E-state index contributed by atoms with van der Waals surface area (Å²) in [5.41, 5.74) is 1.48. The lowest BCUT2D eigenvalue weighted by Gasteiger charge is -2.20. The molecule has 1 saturated heterocycles. The number of hydrogen-bond acceptors (Lipinski definition) is 5. The topological polar surface area (TPSA) is 94.1 Å². The number of aromatic amines is 1. The van der Waals surface area contributed by atoms with Gasteiger partial charge in [-0.1, -0.05) is 19.1 Å². The van der Waals surface area contributed by atoms with Crippen molar-refractivity contribution in [3.05, 3.63) is 41.7 Å². The second-order valence-corrected chi connectivity index (χ2v) is 5.95. The number of aromatic nitrogens is 3. The van der Waals surface area contributed by atoms with E-state index >= 15 is 0 Å². The highest BCUT2D eigenvalue weighted by atomic mass is 16.3. The van der Waals surface area contributed by atoms with Crippen LogP contribution < -0.4 is 5.32 Å². The van der Waals surface area contributed by atoms with Crippen LogP contribution in [0.15, 0.2) is 30.5 Å². The van der Waals surface area contributed by atoms with Gasteiger partial charge in [0.05, 0.1) is 12.7 Å². The fourth-order valence-electron chi connectivity index (χ4n) is 2.91. The summed E-state index contributed by atoms with van der Waals surface area (Å²) in [6.45, 7) is 3.35. The third-order valence-corrected chi connectivity index (χ3v) is 4.20. The number of carbonyl (C=O) groups excluding carboxylic acids is 1. The Morgan fingerprint density at radius 1 is 1.52 bits per heavy atom. The van der Waals surface area contributed by atoms with Gasteiger partial charge in [0.2, 0.25) is 5.91 Å². The number of likely N-dealkylation sites (tertiary alicyclic amines) is 1. The van der Waals surface area contributed by atoms with Crippen molar-refractivity contribution in [2.24, 2.45) is 0 Å². The van der Waals surface area contributed by atoms with E-state index in [9.17, 15) is 9.90 Å². The van der Waals surface area contributed by atoms with Crippen LogP contribution in [0.5, 0.6) is 0 Å². The monoisotopic (exact) mass is 315 g/mol. The summed E-state index contributed by atoms with van der Waals surface area (Å²) in [6, 6.07) is 7.84. The van der Waals surface area contributed by atoms with Crippen LogP contribution in [0.2, 0.25) is 0 Å². The van der Waals surface area contributed by atoms with Crippen molar-refractivity contribution in [1.29, 1.82) is 0 Å². The molecule has 1 aromatic carbocycles. The normalized spacial score (nSPS) is 21.5. The maximum Gasteiger partial charge on any atom is 0.238 e. The number of aliphatic hydroxyl groups is 1. The van der Waals surface area contributed by atoms with Crippen LogP contribution >= 0.6 is 0 Å². The van der Waals surface area contributed by atoms with E-state index in [-0.39, 0.29) is 12.5 Å². The zero-order chi connectivity index (χ0) is 16.3. The highest BCUT2D eigenvalue weighted by Gasteiger charge is 2.40. The van der Waals surface area contributed by atoms with Crippen LogP contribution in [0, 0.1) is 0 Å². The van der Waals surface area contributed by atoms with Crippen LogP contribution in [0.1, 0.15) is 24.6 Å². The first-order chi connectivity index (χ1) is 11.1. The molecule has 122 valence electrons. The first-order valence-electron chi connectivity index (χ1n) is 7.79. The molecule has 1 aliphatic heterocycles. The molecule has 2 heterocycles. The second-order valence-electron chi connectivity index (χ2n) is 5.95. The minimum absolute atomic E-state index is 0.0809. The first kappa shape index (κ1) is 15.6. The van der Waals surface area contributed by atoms with Crippen molar-refractivity contribution >= 4 is 11.6 Å². The summed E-state index contributed by atoms with van der Waals surface area (Å²) < 4.78 is 0. The molecular formula is C16H21N5O2. The lowest BCUT2D eigenvalue weighted by Crippen LogP contribution is -2.35. The lowest BCUT2D eigenvalue weighted by atomic mass is 10.0. The molecule has 7 nitrogen and oxygen atoms in total. The smallest absolute Gasteiger partial charge is 0.238 e. The number of anilines is 1. The van der Waals surface area contributed by atoms with Gasteiger partial charge in [-0.2, -0.15) is 15.4 Å². The van der Waals surface area contributed by atoms with Gasteiger partial charge in [-0.15, -0.1) is 0 Å². The Kier molecular flexibility index (Phi) is 4.40. The van der Waals surface area contributed by atoms with Gasteiger partial charge < -0.3 is 10.4 Å². The quantitative estimate of drug-likeness (QED) is 0.762. The van der Waals surface area contributed by atoms with E-state index in [1.807, 2.05) is 29.2 Å². The van der Waals surface area contributed by atoms with E-state index in [1.165, 1.54) is 11.8 Å². The third kappa shape index (κ3) is 3.57. The maximum absolute atomic E-state index is 12.2. The zero-order valence-electron chi connectivity index (χ0n) is 13.1. The number of hydrogen-bond donors (Lipinski definition) is 3. The van der Waals surface area contributed by atoms with Gasteiger partial charge in [0.1, 0.15) is 11.3 Å². The Labute approximate surface area is 134 Å². The Morgan fingerprint density at radius 3 is 3.13 bits per heavy atom. The summed E-state index contributed by atoms with van der Waals surface area (Å²) in [5.74, 6) is -0.0809. The van der Waals surface area contributed by atoms with Crippen LogP contribution in [-0.4, -0.2) is 51.0 Å². The van der Waals surface area contributed by atoms with Gasteiger partial charge in [0, 0.05) is 18.8 Å². The Bertz CT molecular complexity index is 673. The van der Waals surface area contributed by atoms with Crippen molar-refractivity contribution in [1.82, 2.24) is 20.3 Å². The molecule has 7 heteroatoms. The molecule has 1 unspecified atom stereocenters. The van der Waals surface area contributed by atoms with Gasteiger partial charge in [0.25, 0.3) is 0 Å². The molecule has 3 rings (SSSR count). The van der Waals surface area contributed by atoms with Crippen molar-refractivity contribution in [2.45, 2.75) is 25.4 Å². The van der Waals surface area contributed by atoms with E-state index in [0.29, 0.717) is 25.2 Å². The largest absolute Gasteiger partial charge is 0.382 e. The Balaban J connectivity index is 1.57. The lowest BCUT2D eigenvalue weighted by molar-refractivity contribution is -0.117. The summed E-state index contributed by atoms with van der Waals surface area (Å²) in [4.78, 5) is 14.1. The van der Waals surface area contributed by atoms with Gasteiger partial charge in [-0.05, 0) is 30.5 Å². The molecule has 1 aliphatic rings. The van der Waals surface area contributed by atoms with Crippen LogP contribution in [0.3, 0.4) is 0 Å². The number of amides is 1. The van der Waals surface area contributed by atoms with Crippen molar-refractivity contribution in [2.75, 3.05) is 25.0 Å². The summed E-state index contributed by atoms with van der Waals surface area (Å²) in [5, 5.41) is 23.7. The summed E-state index contributed by atoms with van der Waals surface area (Å²) in [7, 11) is 0. The van der Waals surface area contributed by atoms with Crippen molar-refractivity contribution < 1.29 is 9.90 Å². The number of nitrogens with one attached hydrogen (secondary N) is 2. The highest BCUT2D eigenvalue weighted by molar-refractivity contribution is 5.92. The van der Waals surface area contributed by atoms with Gasteiger partial charge in [0.15, 0.2) is 0 Å². The van der Waals surface area contributed by atoms with Gasteiger partial charge in [-0.25, -0.2) is 0 Å². The molecule has 1 atom stereocenters. The second kappa shape index (κ2) is 6.47. The third-order valence-electron chi connectivity index (χ3n) is 4.20. The molecule has 1 amide bonds. The maximum atomic E-state index is 12.2. The fraction of sp³-hybridized carbons (Fsp3) is 0.438. The SMILES string of the molecule is CCc1cccc(NC(=O)CN2CCC(O)(c3cn[nH]n3)C2)c1. The van der Waals surface area contributed by atoms with Crippen LogP contribution in [0.25, 0.3) is 0 Å². The molecule has 0 aliphatic carbocycles. The van der Waals surface area contributed by atoms with Gasteiger partial charge >= 0.3 is 0 Å². The summed E-state index contributed by atoms with van der Waals surface area (Å²) in [6.07, 6.45) is 3.00. The van der Waals surface area contributed by atoms with Gasteiger partial charge in [-0.3, -0.25) is 9.69 Å².